The van der Waals surface area contributed by atoms with Crippen LogP contribution in [0.4, 0.5) is 19.0 Å². The quantitative estimate of drug-likeness (QED) is 0.669. The molecule has 0 fully saturated rings. The number of anilines is 1. The fraction of sp³-hybridized carbons (Fsp3) is 0.444. The van der Waals surface area contributed by atoms with E-state index in [9.17, 15) is 17.7 Å². The van der Waals surface area contributed by atoms with Gasteiger partial charge in [0.25, 0.3) is 0 Å². The molecular weight excluding hydrogens is 330 g/mol. The third kappa shape index (κ3) is 3.91. The highest BCUT2D eigenvalue weighted by atomic mass is 31.2. The molecule has 0 aromatic carbocycles. The number of aromatic nitrogens is 4. The predicted octanol–water partition coefficient (Wildman–Crippen LogP) is 0.491. The maximum atomic E-state index is 12.9. The van der Waals surface area contributed by atoms with Crippen LogP contribution in [0, 0.1) is 0 Å². The molecule has 0 radical (unpaired) electrons. The van der Waals surface area contributed by atoms with Crippen LogP contribution in [0.5, 0.6) is 0 Å². The van der Waals surface area contributed by atoms with E-state index >= 15 is 0 Å². The number of nitrogens with two attached hydrogens (primary N) is 1. The predicted molar refractivity (Wildman–Crippen MR) is 67.6 cm³/mol. The molecule has 122 valence electrons. The number of rotatable bonds is 5. The molecule has 2 aromatic heterocycles. The van der Waals surface area contributed by atoms with Crippen molar-refractivity contribution >= 4 is 24.6 Å². The molecular formula is C9H11F3N5O4P. The van der Waals surface area contributed by atoms with Crippen LogP contribution in [-0.4, -0.2) is 47.9 Å². The third-order valence-electron chi connectivity index (χ3n) is 2.60. The molecule has 13 heteroatoms. The molecule has 0 amide bonds. The fourth-order valence-electron chi connectivity index (χ4n) is 1.65. The van der Waals surface area contributed by atoms with E-state index in [0.29, 0.717) is 0 Å². The number of hydrogen-bond acceptors (Lipinski definition) is 6. The van der Waals surface area contributed by atoms with Crippen molar-refractivity contribution in [2.24, 2.45) is 0 Å². The Bertz CT molecular complexity index is 715. The fourth-order valence-corrected chi connectivity index (χ4v) is 2.02. The van der Waals surface area contributed by atoms with E-state index in [1.54, 1.807) is 0 Å². The zero-order valence-corrected chi connectivity index (χ0v) is 11.7. The van der Waals surface area contributed by atoms with Crippen LogP contribution >= 0.6 is 7.60 Å². The monoisotopic (exact) mass is 341 g/mol. The van der Waals surface area contributed by atoms with Crippen LogP contribution in [-0.2, 0) is 15.8 Å². The molecule has 4 N–H and O–H groups in total. The van der Waals surface area contributed by atoms with Crippen molar-refractivity contribution in [1.82, 2.24) is 19.5 Å². The Morgan fingerprint density at radius 3 is 2.64 bits per heavy atom. The summed E-state index contributed by atoms with van der Waals surface area (Å²) in [6, 6.07) is 0. The smallest absolute Gasteiger partial charge is 0.382 e. The van der Waals surface area contributed by atoms with Gasteiger partial charge < -0.3 is 24.8 Å². The minimum Gasteiger partial charge on any atom is -0.382 e. The third-order valence-corrected chi connectivity index (χ3v) is 3.09. The lowest BCUT2D eigenvalue weighted by Crippen LogP contribution is -2.36. The van der Waals surface area contributed by atoms with Gasteiger partial charge in [-0.05, 0) is 0 Å². The van der Waals surface area contributed by atoms with Crippen LogP contribution in [0.15, 0.2) is 12.7 Å². The van der Waals surface area contributed by atoms with E-state index in [1.165, 1.54) is 0 Å². The Labute approximate surface area is 121 Å². The summed E-state index contributed by atoms with van der Waals surface area (Å²) in [5, 5.41) is 0. The minimum absolute atomic E-state index is 0.00319. The summed E-state index contributed by atoms with van der Waals surface area (Å²) in [6.45, 7) is -0.781. The number of fused-ring (bicyclic) bond motifs is 1. The second-order valence-corrected chi connectivity index (χ2v) is 5.91. The van der Waals surface area contributed by atoms with Crippen molar-refractivity contribution in [1.29, 1.82) is 0 Å². The van der Waals surface area contributed by atoms with E-state index in [2.05, 4.69) is 19.7 Å². The van der Waals surface area contributed by atoms with Crippen LogP contribution in [0.25, 0.3) is 11.2 Å². The highest BCUT2D eigenvalue weighted by Crippen LogP contribution is 2.36. The summed E-state index contributed by atoms with van der Waals surface area (Å²) in [7, 11) is -4.73. The van der Waals surface area contributed by atoms with Gasteiger partial charge in [0.2, 0.25) is 0 Å². The average molecular weight is 341 g/mol. The van der Waals surface area contributed by atoms with Gasteiger partial charge in [-0.25, -0.2) is 15.0 Å². The molecule has 1 atom stereocenters. The van der Waals surface area contributed by atoms with E-state index in [1.807, 2.05) is 0 Å². The first-order chi connectivity index (χ1) is 10.1. The van der Waals surface area contributed by atoms with Gasteiger partial charge >= 0.3 is 13.8 Å². The molecule has 2 aromatic rings. The zero-order chi connectivity index (χ0) is 16.5. The number of hydrogen-bond donors (Lipinski definition) is 3. The SMILES string of the molecule is Nc1ncnc2c1ncn2CC(OCP(=O)(O)O)C(F)(F)F. The lowest BCUT2D eigenvalue weighted by molar-refractivity contribution is -0.219. The second-order valence-electron chi connectivity index (χ2n) is 4.32. The van der Waals surface area contributed by atoms with Gasteiger partial charge in [0, 0.05) is 0 Å². The van der Waals surface area contributed by atoms with E-state index in [4.69, 9.17) is 15.5 Å². The van der Waals surface area contributed by atoms with Gasteiger partial charge in [0.15, 0.2) is 17.6 Å². The van der Waals surface area contributed by atoms with Gasteiger partial charge in [0.05, 0.1) is 12.9 Å². The van der Waals surface area contributed by atoms with Crippen molar-refractivity contribution < 1.29 is 32.3 Å². The van der Waals surface area contributed by atoms with Gasteiger partial charge in [-0.3, -0.25) is 4.57 Å². The van der Waals surface area contributed by atoms with E-state index in [-0.39, 0.29) is 17.0 Å². The van der Waals surface area contributed by atoms with Crippen LogP contribution in [0.2, 0.25) is 0 Å². The minimum atomic E-state index is -4.83. The van der Waals surface area contributed by atoms with Gasteiger partial charge in [-0.15, -0.1) is 0 Å². The van der Waals surface area contributed by atoms with Crippen molar-refractivity contribution in [3.8, 4) is 0 Å². The van der Waals surface area contributed by atoms with Crippen LogP contribution in [0.1, 0.15) is 0 Å². The number of imidazole rings is 1. The van der Waals surface area contributed by atoms with Gasteiger partial charge in [0.1, 0.15) is 18.2 Å². The summed E-state index contributed by atoms with van der Waals surface area (Å²) >= 11 is 0. The maximum absolute atomic E-state index is 12.9. The summed E-state index contributed by atoms with van der Waals surface area (Å²) in [5.74, 6) is 0.00319. The molecule has 0 saturated carbocycles. The number of alkyl halides is 3. The Morgan fingerprint density at radius 1 is 1.36 bits per heavy atom. The standard InChI is InChI=1S/C9H11F3N5O4P/c10-9(11,12)5(21-4-22(18,19)20)1-17-3-16-6-7(13)14-2-15-8(6)17/h2-3,5H,1,4H2,(H2,13,14,15)(H2,18,19,20). The van der Waals surface area contributed by atoms with Crippen LogP contribution in [0.3, 0.4) is 0 Å². The zero-order valence-electron chi connectivity index (χ0n) is 10.8. The number of nitrogens with zero attached hydrogens (tertiary/aromatic N) is 4. The summed E-state index contributed by atoms with van der Waals surface area (Å²) in [4.78, 5) is 28.5. The van der Waals surface area contributed by atoms with Gasteiger partial charge in [-0.2, -0.15) is 13.2 Å². The molecule has 0 aliphatic heterocycles. The number of nitrogen functional groups attached to an aromatic ring is 1. The topological polar surface area (TPSA) is 136 Å². The molecule has 9 nitrogen and oxygen atoms in total. The van der Waals surface area contributed by atoms with Crippen molar-refractivity contribution in [2.75, 3.05) is 12.1 Å². The Balaban J connectivity index is 2.26. The van der Waals surface area contributed by atoms with Crippen molar-refractivity contribution in [3.05, 3.63) is 12.7 Å². The summed E-state index contributed by atoms with van der Waals surface area (Å²) in [6.07, 6.45) is -6.48. The molecule has 0 aliphatic carbocycles. The highest BCUT2D eigenvalue weighted by Gasteiger charge is 2.42. The van der Waals surface area contributed by atoms with Crippen molar-refractivity contribution in [2.45, 2.75) is 18.8 Å². The lowest BCUT2D eigenvalue weighted by atomic mass is 10.3. The van der Waals surface area contributed by atoms with Gasteiger partial charge in [-0.1, -0.05) is 0 Å². The molecule has 0 spiro atoms. The lowest BCUT2D eigenvalue weighted by Gasteiger charge is -2.21. The molecule has 1 unspecified atom stereocenters. The highest BCUT2D eigenvalue weighted by molar-refractivity contribution is 7.51. The molecule has 22 heavy (non-hydrogen) atoms. The molecule has 2 rings (SSSR count). The first kappa shape index (κ1) is 16.6. The molecule has 0 aliphatic rings. The number of ether oxygens (including phenoxy) is 1. The Morgan fingerprint density at radius 2 is 2.05 bits per heavy atom. The maximum Gasteiger partial charge on any atom is 0.416 e. The van der Waals surface area contributed by atoms with E-state index in [0.717, 1.165) is 17.2 Å². The largest absolute Gasteiger partial charge is 0.416 e. The first-order valence-electron chi connectivity index (χ1n) is 5.72. The molecule has 0 bridgehead atoms. The average Bonchev–Trinajstić information content (AvgIpc) is 2.76. The normalized spacial score (nSPS) is 14.4. The Hall–Kier alpha value is -1.75. The number of halogens is 3. The van der Waals surface area contributed by atoms with E-state index < -0.39 is 32.8 Å². The molecule has 0 saturated heterocycles. The summed E-state index contributed by atoms with van der Waals surface area (Å²) < 4.78 is 54.7. The van der Waals surface area contributed by atoms with Crippen LogP contribution < -0.4 is 5.73 Å². The Kier molecular flexibility index (Phi) is 4.38. The first-order valence-corrected chi connectivity index (χ1v) is 7.52. The summed E-state index contributed by atoms with van der Waals surface area (Å²) in [5.41, 5.74) is 5.70. The second kappa shape index (κ2) is 5.80. The molecule has 2 heterocycles. The van der Waals surface area contributed by atoms with Crippen molar-refractivity contribution in [3.63, 3.8) is 0 Å².